The molecule has 1 N–H and O–H groups in total. The van der Waals surface area contributed by atoms with Gasteiger partial charge in [0, 0.05) is 6.42 Å². The molecular formula is C16H21NO4S. The van der Waals surface area contributed by atoms with Gasteiger partial charge in [0.05, 0.1) is 4.88 Å². The predicted molar refractivity (Wildman–Crippen MR) is 83.6 cm³/mol. The molecule has 0 radical (unpaired) electrons. The Bertz CT molecular complexity index is 506. The summed E-state index contributed by atoms with van der Waals surface area (Å²) in [4.78, 5) is 35.3. The maximum Gasteiger partial charge on any atom is 0.306 e. The first-order valence-corrected chi connectivity index (χ1v) is 8.56. The molecule has 0 atom stereocenters. The Balaban J connectivity index is 1.61. The van der Waals surface area contributed by atoms with E-state index in [9.17, 15) is 14.4 Å². The summed E-state index contributed by atoms with van der Waals surface area (Å²) in [5, 5.41) is 3.95. The molecule has 0 bridgehead atoms. The summed E-state index contributed by atoms with van der Waals surface area (Å²) >= 11 is 1.25. The normalized spacial score (nSPS) is 15.3. The second-order valence-electron chi connectivity index (χ2n) is 5.56. The topological polar surface area (TPSA) is 72.5 Å². The quantitative estimate of drug-likeness (QED) is 0.817. The van der Waals surface area contributed by atoms with Crippen LogP contribution in [0.5, 0.6) is 0 Å². The van der Waals surface area contributed by atoms with E-state index >= 15 is 0 Å². The van der Waals surface area contributed by atoms with Crippen molar-refractivity contribution in [2.75, 3.05) is 6.61 Å². The van der Waals surface area contributed by atoms with Gasteiger partial charge >= 0.3 is 5.97 Å². The predicted octanol–water partition coefficient (Wildman–Crippen LogP) is 2.91. The van der Waals surface area contributed by atoms with Crippen LogP contribution in [0.15, 0.2) is 17.5 Å². The van der Waals surface area contributed by atoms with Gasteiger partial charge in [-0.05, 0) is 23.8 Å². The fourth-order valence-corrected chi connectivity index (χ4v) is 3.27. The van der Waals surface area contributed by atoms with Gasteiger partial charge in [-0.3, -0.25) is 19.7 Å². The number of esters is 1. The Morgan fingerprint density at radius 2 is 2.00 bits per heavy atom. The van der Waals surface area contributed by atoms with E-state index in [4.69, 9.17) is 4.74 Å². The number of imide groups is 1. The smallest absolute Gasteiger partial charge is 0.306 e. The third kappa shape index (κ3) is 5.60. The van der Waals surface area contributed by atoms with Crippen molar-refractivity contribution in [3.8, 4) is 0 Å². The Labute approximate surface area is 134 Å². The lowest BCUT2D eigenvalue weighted by Crippen LogP contribution is -2.33. The molecule has 0 unspecified atom stereocenters. The monoisotopic (exact) mass is 323 g/mol. The number of thiophene rings is 1. The van der Waals surface area contributed by atoms with Crippen LogP contribution in [0, 0.1) is 5.92 Å². The van der Waals surface area contributed by atoms with Crippen molar-refractivity contribution in [2.24, 2.45) is 5.92 Å². The van der Waals surface area contributed by atoms with Gasteiger partial charge in [-0.1, -0.05) is 38.2 Å². The summed E-state index contributed by atoms with van der Waals surface area (Å²) in [5.41, 5.74) is 0. The molecule has 1 aromatic rings. The second-order valence-corrected chi connectivity index (χ2v) is 6.51. The first-order valence-electron chi connectivity index (χ1n) is 7.68. The highest BCUT2D eigenvalue weighted by molar-refractivity contribution is 7.12. The molecule has 2 rings (SSSR count). The number of nitrogens with one attached hydrogen (secondary N) is 1. The van der Waals surface area contributed by atoms with E-state index in [1.54, 1.807) is 17.5 Å². The molecule has 1 aromatic heterocycles. The lowest BCUT2D eigenvalue weighted by Gasteiger charge is -2.20. The van der Waals surface area contributed by atoms with Gasteiger partial charge in [0.2, 0.25) is 0 Å². The van der Waals surface area contributed by atoms with E-state index in [-0.39, 0.29) is 5.97 Å². The molecule has 0 aromatic carbocycles. The molecule has 0 spiro atoms. The van der Waals surface area contributed by atoms with Crippen LogP contribution in [0.3, 0.4) is 0 Å². The largest absolute Gasteiger partial charge is 0.456 e. The number of carbonyl (C=O) groups is 3. The maximum absolute atomic E-state index is 11.6. The lowest BCUT2D eigenvalue weighted by molar-refractivity contribution is -0.148. The fourth-order valence-electron chi connectivity index (χ4n) is 2.65. The summed E-state index contributed by atoms with van der Waals surface area (Å²) in [5.74, 6) is -0.817. The Kier molecular flexibility index (Phi) is 6.58. The number of carbonyl (C=O) groups excluding carboxylic acids is 3. The van der Waals surface area contributed by atoms with Gasteiger partial charge in [0.15, 0.2) is 6.61 Å². The Hall–Kier alpha value is -1.69. The molecule has 120 valence electrons. The van der Waals surface area contributed by atoms with Crippen molar-refractivity contribution in [2.45, 2.75) is 44.9 Å². The summed E-state index contributed by atoms with van der Waals surface area (Å²) in [6.07, 6.45) is 7.32. The van der Waals surface area contributed by atoms with Gasteiger partial charge < -0.3 is 4.74 Å². The number of rotatable bonds is 6. The Morgan fingerprint density at radius 1 is 1.23 bits per heavy atom. The van der Waals surface area contributed by atoms with Crippen molar-refractivity contribution >= 4 is 29.1 Å². The van der Waals surface area contributed by atoms with Crippen LogP contribution in [0.2, 0.25) is 0 Å². The molecule has 1 fully saturated rings. The van der Waals surface area contributed by atoms with Crippen molar-refractivity contribution in [1.82, 2.24) is 5.32 Å². The van der Waals surface area contributed by atoms with E-state index in [1.807, 2.05) is 0 Å². The van der Waals surface area contributed by atoms with Gasteiger partial charge in [-0.2, -0.15) is 0 Å². The fraction of sp³-hybridized carbons (Fsp3) is 0.562. The minimum absolute atomic E-state index is 0.344. The lowest BCUT2D eigenvalue weighted by atomic mass is 9.86. The first kappa shape index (κ1) is 16.7. The van der Waals surface area contributed by atoms with Gasteiger partial charge in [-0.15, -0.1) is 11.3 Å². The van der Waals surface area contributed by atoms with E-state index in [2.05, 4.69) is 5.32 Å². The van der Waals surface area contributed by atoms with E-state index in [0.717, 1.165) is 6.42 Å². The van der Waals surface area contributed by atoms with Crippen LogP contribution >= 0.6 is 11.3 Å². The van der Waals surface area contributed by atoms with Crippen molar-refractivity contribution < 1.29 is 19.1 Å². The third-order valence-corrected chi connectivity index (χ3v) is 4.71. The highest BCUT2D eigenvalue weighted by Gasteiger charge is 2.17. The number of hydrogen-bond acceptors (Lipinski definition) is 5. The maximum atomic E-state index is 11.6. The van der Waals surface area contributed by atoms with Crippen LogP contribution in [0.4, 0.5) is 0 Å². The number of hydrogen-bond donors (Lipinski definition) is 1. The number of ether oxygens (including phenoxy) is 1. The molecule has 2 amide bonds. The molecule has 1 aliphatic rings. The number of amides is 2. The van der Waals surface area contributed by atoms with E-state index < -0.39 is 18.4 Å². The summed E-state index contributed by atoms with van der Waals surface area (Å²) in [7, 11) is 0. The van der Waals surface area contributed by atoms with E-state index in [1.165, 1.54) is 43.4 Å². The Morgan fingerprint density at radius 3 is 2.68 bits per heavy atom. The highest BCUT2D eigenvalue weighted by Crippen LogP contribution is 2.27. The standard InChI is InChI=1S/C16H21NO4S/c18-14(17-16(20)13-7-4-10-22-13)11-21-15(19)9-8-12-5-2-1-3-6-12/h4,7,10,12H,1-3,5-6,8-9,11H2,(H,17,18,20). The van der Waals surface area contributed by atoms with Crippen LogP contribution in [0.25, 0.3) is 0 Å². The van der Waals surface area contributed by atoms with Gasteiger partial charge in [-0.25, -0.2) is 0 Å². The molecule has 1 heterocycles. The van der Waals surface area contributed by atoms with Crippen molar-refractivity contribution in [3.05, 3.63) is 22.4 Å². The molecule has 1 saturated carbocycles. The molecule has 5 nitrogen and oxygen atoms in total. The molecule has 22 heavy (non-hydrogen) atoms. The highest BCUT2D eigenvalue weighted by atomic mass is 32.1. The molecule has 0 aliphatic heterocycles. The minimum Gasteiger partial charge on any atom is -0.456 e. The molecule has 1 aliphatic carbocycles. The SMILES string of the molecule is O=C(COC(=O)CCC1CCCCC1)NC(=O)c1cccs1. The third-order valence-electron chi connectivity index (χ3n) is 3.84. The van der Waals surface area contributed by atoms with Crippen LogP contribution in [-0.4, -0.2) is 24.4 Å². The minimum atomic E-state index is -0.593. The van der Waals surface area contributed by atoms with Crippen LogP contribution < -0.4 is 5.32 Å². The first-order chi connectivity index (χ1) is 10.6. The van der Waals surface area contributed by atoms with Gasteiger partial charge in [0.1, 0.15) is 0 Å². The average molecular weight is 323 g/mol. The summed E-state index contributed by atoms with van der Waals surface area (Å²) in [6, 6.07) is 3.36. The molecular weight excluding hydrogens is 302 g/mol. The second kappa shape index (κ2) is 8.68. The van der Waals surface area contributed by atoms with Crippen molar-refractivity contribution in [3.63, 3.8) is 0 Å². The van der Waals surface area contributed by atoms with E-state index in [0.29, 0.717) is 17.2 Å². The van der Waals surface area contributed by atoms with Crippen LogP contribution in [0.1, 0.15) is 54.6 Å². The summed E-state index contributed by atoms with van der Waals surface area (Å²) < 4.78 is 4.91. The molecule has 6 heteroatoms. The zero-order chi connectivity index (χ0) is 15.8. The zero-order valence-corrected chi connectivity index (χ0v) is 13.3. The average Bonchev–Trinajstić information content (AvgIpc) is 3.06. The van der Waals surface area contributed by atoms with Crippen molar-refractivity contribution in [1.29, 1.82) is 0 Å². The zero-order valence-electron chi connectivity index (χ0n) is 12.5. The van der Waals surface area contributed by atoms with Gasteiger partial charge in [0.25, 0.3) is 11.8 Å². The summed E-state index contributed by atoms with van der Waals surface area (Å²) in [6.45, 7) is -0.402. The van der Waals surface area contributed by atoms with Crippen LogP contribution in [-0.2, 0) is 14.3 Å². The molecule has 0 saturated heterocycles.